The highest BCUT2D eigenvalue weighted by Gasteiger charge is 2.39. The van der Waals surface area contributed by atoms with E-state index in [1.165, 1.54) is 0 Å². The van der Waals surface area contributed by atoms with Gasteiger partial charge in [0.2, 0.25) is 5.91 Å². The smallest absolute Gasteiger partial charge is 0.325 e. The molecule has 228 valence electrons. The predicted molar refractivity (Wildman–Crippen MR) is 149 cm³/mol. The van der Waals surface area contributed by atoms with Crippen LogP contribution in [0.5, 0.6) is 5.75 Å². The summed E-state index contributed by atoms with van der Waals surface area (Å²) in [7, 11) is 0. The number of aliphatic hydroxyl groups is 3. The van der Waals surface area contributed by atoms with E-state index in [4.69, 9.17) is 21.1 Å². The van der Waals surface area contributed by atoms with Crippen molar-refractivity contribution in [1.29, 1.82) is 0 Å². The van der Waals surface area contributed by atoms with Gasteiger partial charge in [0.15, 0.2) is 0 Å². The van der Waals surface area contributed by atoms with Gasteiger partial charge in [-0.3, -0.25) is 9.59 Å². The fraction of sp³-hybridized carbons (Fsp3) is 0.571. The molecule has 5 atom stereocenters. The molecule has 0 saturated heterocycles. The average Bonchev–Trinajstić information content (AvgIpc) is 3.20. The minimum Gasteiger partial charge on any atom is -0.491 e. The number of hydrogen-bond donors (Lipinski definition) is 4. The van der Waals surface area contributed by atoms with Crippen LogP contribution in [0.1, 0.15) is 44.9 Å². The molecule has 1 aromatic carbocycles. The normalized spacial score (nSPS) is 21.2. The highest BCUT2D eigenvalue weighted by Crippen LogP contribution is 2.36. The molecule has 1 amide bonds. The Bertz CT molecular complexity index is 1020. The van der Waals surface area contributed by atoms with Crippen LogP contribution in [0.3, 0.4) is 0 Å². The van der Waals surface area contributed by atoms with Gasteiger partial charge in [0.05, 0.1) is 25.4 Å². The third-order valence-corrected chi connectivity index (χ3v) is 6.70. The second-order valence-corrected chi connectivity index (χ2v) is 10.1. The summed E-state index contributed by atoms with van der Waals surface area (Å²) in [6.07, 6.45) is 7.79. The van der Waals surface area contributed by atoms with Gasteiger partial charge in [-0.25, -0.2) is 0 Å². The number of carbonyl (C=O) groups excluding carboxylic acids is 2. The van der Waals surface area contributed by atoms with Crippen LogP contribution in [-0.4, -0.2) is 77.0 Å². The van der Waals surface area contributed by atoms with E-state index >= 15 is 0 Å². The summed E-state index contributed by atoms with van der Waals surface area (Å²) >= 11 is 5.93. The van der Waals surface area contributed by atoms with Gasteiger partial charge in [-0.2, -0.15) is 0 Å². The van der Waals surface area contributed by atoms with E-state index < -0.39 is 29.4 Å². The van der Waals surface area contributed by atoms with Gasteiger partial charge < -0.3 is 34.9 Å². The van der Waals surface area contributed by atoms with Crippen molar-refractivity contribution in [2.24, 2.45) is 11.8 Å². The number of amides is 1. The quantitative estimate of drug-likeness (QED) is 0.0608. The number of esters is 1. The second kappa shape index (κ2) is 19.0. The van der Waals surface area contributed by atoms with E-state index in [1.54, 1.807) is 36.4 Å². The SMILES string of the molecule is O=C(CCCC=CC[C@@H]1[C@@H](C=C[C@@H](O)COc2cccc(Cl)c2)[C@H](O)C[C@@H]1O)NCC(=O)OCCCCO[N+](=O)[O-]. The van der Waals surface area contributed by atoms with Crippen molar-refractivity contribution in [1.82, 2.24) is 5.32 Å². The lowest BCUT2D eigenvalue weighted by Crippen LogP contribution is -2.30. The van der Waals surface area contributed by atoms with E-state index in [9.17, 15) is 35.0 Å². The van der Waals surface area contributed by atoms with E-state index in [2.05, 4.69) is 10.2 Å². The third kappa shape index (κ3) is 14.3. The predicted octanol–water partition coefficient (Wildman–Crippen LogP) is 2.76. The van der Waals surface area contributed by atoms with Crippen molar-refractivity contribution >= 4 is 23.5 Å². The lowest BCUT2D eigenvalue weighted by molar-refractivity contribution is -0.757. The Kier molecular flexibility index (Phi) is 15.8. The van der Waals surface area contributed by atoms with Crippen molar-refractivity contribution in [2.45, 2.75) is 63.3 Å². The number of nitrogens with one attached hydrogen (secondary N) is 1. The molecule has 0 radical (unpaired) electrons. The van der Waals surface area contributed by atoms with Crippen molar-refractivity contribution in [3.63, 3.8) is 0 Å². The molecule has 0 spiro atoms. The lowest BCUT2D eigenvalue weighted by atomic mass is 9.89. The Balaban J connectivity index is 1.62. The lowest BCUT2D eigenvalue weighted by Gasteiger charge is -2.19. The largest absolute Gasteiger partial charge is 0.491 e. The van der Waals surface area contributed by atoms with Crippen LogP contribution >= 0.6 is 11.6 Å². The number of carbonyl (C=O) groups is 2. The summed E-state index contributed by atoms with van der Waals surface area (Å²) in [4.78, 5) is 37.7. The molecule has 0 unspecified atom stereocenters. The number of aliphatic hydroxyl groups excluding tert-OH is 3. The van der Waals surface area contributed by atoms with E-state index in [-0.39, 0.29) is 57.0 Å². The minimum absolute atomic E-state index is 0.0190. The maximum Gasteiger partial charge on any atom is 0.325 e. The number of halogens is 1. The third-order valence-electron chi connectivity index (χ3n) is 6.47. The van der Waals surface area contributed by atoms with Gasteiger partial charge in [0, 0.05) is 23.8 Å². The molecule has 13 heteroatoms. The number of rotatable bonds is 19. The Morgan fingerprint density at radius 2 is 1.95 bits per heavy atom. The number of nitrogens with zero attached hydrogens (tertiary/aromatic N) is 1. The van der Waals surface area contributed by atoms with Gasteiger partial charge in [0.1, 0.15) is 25.0 Å². The summed E-state index contributed by atoms with van der Waals surface area (Å²) < 4.78 is 10.5. The van der Waals surface area contributed by atoms with Crippen LogP contribution in [0.2, 0.25) is 5.02 Å². The van der Waals surface area contributed by atoms with E-state index in [0.29, 0.717) is 42.9 Å². The number of hydrogen-bond acceptors (Lipinski definition) is 10. The summed E-state index contributed by atoms with van der Waals surface area (Å²) in [5.41, 5.74) is 0. The molecule has 1 aliphatic rings. The van der Waals surface area contributed by atoms with E-state index in [0.717, 1.165) is 0 Å². The summed E-state index contributed by atoms with van der Waals surface area (Å²) in [5, 5.41) is 43.2. The van der Waals surface area contributed by atoms with Gasteiger partial charge in [-0.15, -0.1) is 10.1 Å². The molecule has 2 rings (SSSR count). The van der Waals surface area contributed by atoms with Crippen LogP contribution in [0.15, 0.2) is 48.6 Å². The Morgan fingerprint density at radius 1 is 1.17 bits per heavy atom. The van der Waals surface area contributed by atoms with Crippen LogP contribution < -0.4 is 10.1 Å². The standard InChI is InChI=1S/C28H39ClN2O10/c29-20-8-7-9-22(16-20)40-19-21(32)12-13-24-23(25(33)17-26(24)34)10-3-1-2-4-11-27(35)30-18-28(36)39-14-5-6-15-41-31(37)38/h1,3,7-9,12-13,16,21,23-26,32-34H,2,4-6,10-11,14-15,17-19H2,(H,30,35)/t21-,23-,24-,25+,26-/m1/s1. The number of benzene rings is 1. The second-order valence-electron chi connectivity index (χ2n) is 9.69. The molecule has 0 bridgehead atoms. The fourth-order valence-electron chi connectivity index (χ4n) is 4.35. The molecule has 1 fully saturated rings. The molecule has 41 heavy (non-hydrogen) atoms. The number of ether oxygens (including phenoxy) is 2. The summed E-state index contributed by atoms with van der Waals surface area (Å²) in [5.74, 6) is -0.872. The van der Waals surface area contributed by atoms with E-state index in [1.807, 2.05) is 12.2 Å². The Morgan fingerprint density at radius 3 is 2.71 bits per heavy atom. The summed E-state index contributed by atoms with van der Waals surface area (Å²) in [6.45, 7) is -0.213. The van der Waals surface area contributed by atoms with Gasteiger partial charge in [-0.1, -0.05) is 42.0 Å². The molecule has 12 nitrogen and oxygen atoms in total. The zero-order chi connectivity index (χ0) is 30.0. The highest BCUT2D eigenvalue weighted by molar-refractivity contribution is 6.30. The highest BCUT2D eigenvalue weighted by atomic mass is 35.5. The Labute approximate surface area is 244 Å². The topological polar surface area (TPSA) is 178 Å². The number of unbranched alkanes of at least 4 members (excludes halogenated alkanes) is 2. The monoisotopic (exact) mass is 598 g/mol. The number of allylic oxidation sites excluding steroid dienone is 2. The maximum absolute atomic E-state index is 11.9. The molecule has 0 aliphatic heterocycles. The molecular formula is C28H39ClN2O10. The molecule has 0 heterocycles. The average molecular weight is 599 g/mol. The molecule has 1 aromatic rings. The molecule has 0 aromatic heterocycles. The molecule has 4 N–H and O–H groups in total. The zero-order valence-corrected chi connectivity index (χ0v) is 23.6. The molecule has 1 saturated carbocycles. The van der Waals surface area contributed by atoms with Gasteiger partial charge in [0.25, 0.3) is 5.09 Å². The fourth-order valence-corrected chi connectivity index (χ4v) is 4.53. The van der Waals surface area contributed by atoms with Gasteiger partial charge >= 0.3 is 5.97 Å². The first-order valence-corrected chi connectivity index (χ1v) is 14.0. The molecule has 1 aliphatic carbocycles. The first-order chi connectivity index (χ1) is 19.7. The molecular weight excluding hydrogens is 560 g/mol. The first kappa shape index (κ1) is 34.0. The van der Waals surface area contributed by atoms with Crippen molar-refractivity contribution < 1.29 is 44.3 Å². The van der Waals surface area contributed by atoms with Crippen LogP contribution in [-0.2, 0) is 19.2 Å². The maximum atomic E-state index is 11.9. The first-order valence-electron chi connectivity index (χ1n) is 13.6. The van der Waals surface area contributed by atoms with Gasteiger partial charge in [-0.05, 0) is 56.2 Å². The van der Waals surface area contributed by atoms with Crippen LogP contribution in [0.4, 0.5) is 0 Å². The van der Waals surface area contributed by atoms with Crippen molar-refractivity contribution in [2.75, 3.05) is 26.4 Å². The Hall–Kier alpha value is -3.19. The van der Waals surface area contributed by atoms with Crippen molar-refractivity contribution in [3.05, 3.63) is 63.7 Å². The zero-order valence-electron chi connectivity index (χ0n) is 22.8. The minimum atomic E-state index is -0.897. The van der Waals surface area contributed by atoms with Crippen molar-refractivity contribution in [3.8, 4) is 5.75 Å². The summed E-state index contributed by atoms with van der Waals surface area (Å²) in [6, 6.07) is 6.85. The van der Waals surface area contributed by atoms with Crippen LogP contribution in [0, 0.1) is 22.0 Å². The van der Waals surface area contributed by atoms with Crippen LogP contribution in [0.25, 0.3) is 0 Å².